The van der Waals surface area contributed by atoms with Crippen LogP contribution in [0.2, 0.25) is 0 Å². The summed E-state index contributed by atoms with van der Waals surface area (Å²) in [5.41, 5.74) is -0.114. The second-order valence-corrected chi connectivity index (χ2v) is 7.88. The lowest BCUT2D eigenvalue weighted by atomic mass is 10.1. The van der Waals surface area contributed by atoms with E-state index in [9.17, 15) is 14.7 Å². The van der Waals surface area contributed by atoms with E-state index in [1.807, 2.05) is 24.3 Å². The van der Waals surface area contributed by atoms with Crippen molar-refractivity contribution in [3.8, 4) is 0 Å². The summed E-state index contributed by atoms with van der Waals surface area (Å²) in [5.74, 6) is -1.74. The van der Waals surface area contributed by atoms with E-state index in [4.69, 9.17) is 14.6 Å². The Hall–Kier alpha value is -2.44. The van der Waals surface area contributed by atoms with Crippen LogP contribution in [0, 0.1) is 0 Å². The van der Waals surface area contributed by atoms with E-state index in [1.165, 1.54) is 63.9 Å². The number of allylic oxidation sites excluding steroid dienone is 7. The molecule has 0 fully saturated rings. The Bertz CT molecular complexity index is 645. The molecule has 0 bridgehead atoms. The lowest BCUT2D eigenvalue weighted by molar-refractivity contribution is -0.141. The summed E-state index contributed by atoms with van der Waals surface area (Å²) in [6, 6.07) is 0. The fourth-order valence-corrected chi connectivity index (χ4v) is 2.79. The first-order chi connectivity index (χ1) is 16.0. The molecular formula is C27H42O6. The first-order valence-corrected chi connectivity index (χ1v) is 12.0. The summed E-state index contributed by atoms with van der Waals surface area (Å²) >= 11 is 0. The van der Waals surface area contributed by atoms with E-state index in [1.54, 1.807) is 12.2 Å². The first kappa shape index (κ1) is 30.6. The number of rotatable bonds is 21. The maximum Gasteiger partial charge on any atom is 0.333 e. The Morgan fingerprint density at radius 1 is 0.848 bits per heavy atom. The number of unbranched alkanes of at least 4 members (excludes halogenated alkanes) is 9. The molecule has 0 spiro atoms. The van der Waals surface area contributed by atoms with Crippen molar-refractivity contribution < 1.29 is 29.3 Å². The zero-order chi connectivity index (χ0) is 24.6. The van der Waals surface area contributed by atoms with Gasteiger partial charge in [0.1, 0.15) is 12.7 Å². The van der Waals surface area contributed by atoms with Crippen LogP contribution in [0.1, 0.15) is 71.1 Å². The van der Waals surface area contributed by atoms with Gasteiger partial charge in [-0.1, -0.05) is 107 Å². The number of aliphatic hydroxyl groups excluding tert-OH is 1. The molecule has 6 nitrogen and oxygen atoms in total. The summed E-state index contributed by atoms with van der Waals surface area (Å²) in [7, 11) is 0. The summed E-state index contributed by atoms with van der Waals surface area (Å²) in [4.78, 5) is 22.1. The summed E-state index contributed by atoms with van der Waals surface area (Å²) < 4.78 is 9.86. The van der Waals surface area contributed by atoms with E-state index >= 15 is 0 Å². The van der Waals surface area contributed by atoms with Crippen molar-refractivity contribution in [2.45, 2.75) is 77.2 Å². The Balaban J connectivity index is 3.70. The summed E-state index contributed by atoms with van der Waals surface area (Å²) in [6.07, 6.45) is 26.5. The van der Waals surface area contributed by atoms with Crippen molar-refractivity contribution in [2.75, 3.05) is 19.8 Å². The zero-order valence-electron chi connectivity index (χ0n) is 20.1. The van der Waals surface area contributed by atoms with Gasteiger partial charge in [-0.15, -0.1) is 0 Å². The average Bonchev–Trinajstić information content (AvgIpc) is 2.79. The molecule has 0 aromatic heterocycles. The third-order valence-corrected chi connectivity index (χ3v) is 4.71. The molecule has 6 heteroatoms. The summed E-state index contributed by atoms with van der Waals surface area (Å²) in [5, 5.41) is 18.3. The third kappa shape index (κ3) is 22.5. The van der Waals surface area contributed by atoms with Crippen molar-refractivity contribution in [3.63, 3.8) is 0 Å². The number of carboxylic acid groups (broad SMARTS) is 1. The Morgan fingerprint density at radius 3 is 2.06 bits per heavy atom. The van der Waals surface area contributed by atoms with Gasteiger partial charge in [-0.05, 0) is 12.8 Å². The van der Waals surface area contributed by atoms with Gasteiger partial charge in [0.15, 0.2) is 0 Å². The molecule has 0 amide bonds. The van der Waals surface area contributed by atoms with Crippen LogP contribution in [-0.2, 0) is 19.1 Å². The largest absolute Gasteiger partial charge is 0.478 e. The van der Waals surface area contributed by atoms with E-state index in [0.717, 1.165) is 6.42 Å². The van der Waals surface area contributed by atoms with Gasteiger partial charge < -0.3 is 19.7 Å². The molecule has 0 aliphatic carbocycles. The van der Waals surface area contributed by atoms with Gasteiger partial charge in [0, 0.05) is 6.08 Å². The van der Waals surface area contributed by atoms with Gasteiger partial charge in [-0.3, -0.25) is 0 Å². The molecule has 2 N–H and O–H groups in total. The number of hydrogen-bond acceptors (Lipinski definition) is 5. The van der Waals surface area contributed by atoms with Crippen molar-refractivity contribution >= 4 is 11.9 Å². The van der Waals surface area contributed by atoms with Crippen LogP contribution in [0.4, 0.5) is 0 Å². The minimum absolute atomic E-state index is 0.114. The quantitative estimate of drug-likeness (QED) is 0.0984. The van der Waals surface area contributed by atoms with E-state index in [0.29, 0.717) is 0 Å². The maximum absolute atomic E-state index is 11.6. The molecule has 0 saturated heterocycles. The highest BCUT2D eigenvalue weighted by atomic mass is 16.5. The fourth-order valence-electron chi connectivity index (χ4n) is 2.79. The number of aliphatic carboxylic acids is 1. The van der Waals surface area contributed by atoms with Crippen LogP contribution >= 0.6 is 0 Å². The van der Waals surface area contributed by atoms with E-state index in [-0.39, 0.29) is 25.4 Å². The second-order valence-electron chi connectivity index (χ2n) is 7.88. The van der Waals surface area contributed by atoms with Crippen LogP contribution in [0.3, 0.4) is 0 Å². The smallest absolute Gasteiger partial charge is 0.333 e. The van der Waals surface area contributed by atoms with Crippen molar-refractivity contribution in [1.82, 2.24) is 0 Å². The molecule has 0 radical (unpaired) electrons. The second kappa shape index (κ2) is 22.7. The Kier molecular flexibility index (Phi) is 21.1. The van der Waals surface area contributed by atoms with Crippen LogP contribution in [0.25, 0.3) is 0 Å². The molecule has 33 heavy (non-hydrogen) atoms. The minimum atomic E-state index is -1.16. The van der Waals surface area contributed by atoms with Gasteiger partial charge in [0.25, 0.3) is 0 Å². The molecular weight excluding hydrogens is 420 g/mol. The molecule has 186 valence electrons. The SMILES string of the molecule is C=C(COCC(O)COC(=O)C=CC=CC=CC=CCCCCCCCCCCC)C(=O)O. The molecule has 1 atom stereocenters. The molecule has 0 saturated carbocycles. The van der Waals surface area contributed by atoms with Crippen LogP contribution in [0.5, 0.6) is 0 Å². The Morgan fingerprint density at radius 2 is 1.42 bits per heavy atom. The number of ether oxygens (including phenoxy) is 2. The predicted octanol–water partition coefficient (Wildman–Crippen LogP) is 5.69. The number of aliphatic hydroxyl groups is 1. The van der Waals surface area contributed by atoms with Gasteiger partial charge in [-0.25, -0.2) is 9.59 Å². The van der Waals surface area contributed by atoms with Crippen molar-refractivity contribution in [3.05, 3.63) is 60.8 Å². The van der Waals surface area contributed by atoms with Gasteiger partial charge >= 0.3 is 11.9 Å². The molecule has 0 aromatic rings. The van der Waals surface area contributed by atoms with Gasteiger partial charge in [0.05, 0.1) is 18.8 Å². The van der Waals surface area contributed by atoms with Gasteiger partial charge in [0.2, 0.25) is 0 Å². The molecule has 0 aliphatic rings. The van der Waals surface area contributed by atoms with Crippen LogP contribution < -0.4 is 0 Å². The lowest BCUT2D eigenvalue weighted by Gasteiger charge is -2.10. The molecule has 0 aliphatic heterocycles. The highest BCUT2D eigenvalue weighted by Gasteiger charge is 2.09. The highest BCUT2D eigenvalue weighted by Crippen LogP contribution is 2.10. The van der Waals surface area contributed by atoms with E-state index < -0.39 is 18.0 Å². The van der Waals surface area contributed by atoms with Crippen molar-refractivity contribution in [2.24, 2.45) is 0 Å². The molecule has 0 heterocycles. The minimum Gasteiger partial charge on any atom is -0.478 e. The first-order valence-electron chi connectivity index (χ1n) is 12.0. The summed E-state index contributed by atoms with van der Waals surface area (Å²) in [6.45, 7) is 4.96. The van der Waals surface area contributed by atoms with Crippen LogP contribution in [0.15, 0.2) is 60.8 Å². The topological polar surface area (TPSA) is 93.1 Å². The van der Waals surface area contributed by atoms with Gasteiger partial charge in [-0.2, -0.15) is 0 Å². The lowest BCUT2D eigenvalue weighted by Crippen LogP contribution is -2.24. The number of carboxylic acids is 1. The standard InChI is InChI=1S/C27H42O6/c1-3-4-5-6-7-8-9-10-11-12-13-14-15-16-17-18-19-20-26(29)33-23-25(28)22-32-21-24(2)27(30)31/h13-20,25,28H,2-12,21-23H2,1H3,(H,30,31). The zero-order valence-corrected chi connectivity index (χ0v) is 20.1. The highest BCUT2D eigenvalue weighted by molar-refractivity contribution is 5.86. The molecule has 0 aromatic carbocycles. The molecule has 0 rings (SSSR count). The average molecular weight is 463 g/mol. The fraction of sp³-hybridized carbons (Fsp3) is 0.556. The van der Waals surface area contributed by atoms with Crippen molar-refractivity contribution in [1.29, 1.82) is 0 Å². The predicted molar refractivity (Wildman–Crippen MR) is 133 cm³/mol. The number of carbonyl (C=O) groups is 2. The third-order valence-electron chi connectivity index (χ3n) is 4.71. The monoisotopic (exact) mass is 462 g/mol. The van der Waals surface area contributed by atoms with Crippen LogP contribution in [-0.4, -0.2) is 48.1 Å². The van der Waals surface area contributed by atoms with E-state index in [2.05, 4.69) is 19.6 Å². The normalized spacial score (nSPS) is 12.9. The number of esters is 1. The maximum atomic E-state index is 11.6. The Labute approximate surface area is 199 Å². The molecule has 1 unspecified atom stereocenters. The number of carbonyl (C=O) groups excluding carboxylic acids is 1. The number of hydrogen-bond donors (Lipinski definition) is 2.